The Morgan fingerprint density at radius 1 is 1.19 bits per heavy atom. The summed E-state index contributed by atoms with van der Waals surface area (Å²) in [6, 6.07) is 8.65. The number of hydrogen-bond donors (Lipinski definition) is 4. The third-order valence-electron chi connectivity index (χ3n) is 9.42. The van der Waals surface area contributed by atoms with E-state index in [0.29, 0.717) is 48.0 Å². The van der Waals surface area contributed by atoms with Gasteiger partial charge >= 0.3 is 0 Å². The molecule has 0 spiro atoms. The van der Waals surface area contributed by atoms with Crippen LogP contribution in [0.4, 0.5) is 5.13 Å². The fraction of sp³-hybridized carbons (Fsp3) is 0.467. The van der Waals surface area contributed by atoms with Crippen molar-refractivity contribution < 1.29 is 29.3 Å². The minimum Gasteiger partial charge on any atom is -0.454 e. The van der Waals surface area contributed by atoms with Crippen molar-refractivity contribution in [3.63, 3.8) is 0 Å². The summed E-state index contributed by atoms with van der Waals surface area (Å²) in [5.41, 5.74) is 0.890. The highest BCUT2D eigenvalue weighted by Crippen LogP contribution is 2.62. The molecule has 2 aromatic heterocycles. The predicted octanol–water partition coefficient (Wildman–Crippen LogP) is 4.29. The third-order valence-corrected chi connectivity index (χ3v) is 10.6. The fourth-order valence-corrected chi connectivity index (χ4v) is 8.16. The van der Waals surface area contributed by atoms with Crippen LogP contribution in [-0.2, 0) is 17.8 Å². The lowest BCUT2D eigenvalue weighted by atomic mass is 9.47. The molecule has 10 nitrogen and oxygen atoms in total. The van der Waals surface area contributed by atoms with Crippen LogP contribution in [0.1, 0.15) is 65.5 Å². The molecule has 6 rings (SSSR count). The Morgan fingerprint density at radius 3 is 2.79 bits per heavy atom. The highest BCUT2D eigenvalue weighted by Gasteiger charge is 2.59. The first kappa shape index (κ1) is 28.9. The molecule has 3 heterocycles. The lowest BCUT2D eigenvalue weighted by Crippen LogP contribution is -2.57. The number of halogens is 1. The monoisotopic (exact) mass is 612 g/mol. The summed E-state index contributed by atoms with van der Waals surface area (Å²) in [4.78, 5) is 36.2. The molecule has 42 heavy (non-hydrogen) atoms. The van der Waals surface area contributed by atoms with Gasteiger partial charge in [0.25, 0.3) is 5.91 Å². The first-order valence-corrected chi connectivity index (χ1v) is 15.2. The summed E-state index contributed by atoms with van der Waals surface area (Å²) < 4.78 is 10.8. The van der Waals surface area contributed by atoms with Gasteiger partial charge in [-0.05, 0) is 60.4 Å². The van der Waals surface area contributed by atoms with E-state index in [1.165, 1.54) is 23.6 Å². The molecule has 1 fully saturated rings. The van der Waals surface area contributed by atoms with Crippen molar-refractivity contribution >= 4 is 39.9 Å². The highest BCUT2D eigenvalue weighted by atomic mass is 35.5. The van der Waals surface area contributed by atoms with Crippen LogP contribution in [0.5, 0.6) is 11.5 Å². The maximum atomic E-state index is 13.5. The van der Waals surface area contributed by atoms with Crippen LogP contribution in [0.2, 0.25) is 5.15 Å². The quantitative estimate of drug-likeness (QED) is 0.289. The number of nitrogens with one attached hydrogen (secondary N) is 2. The van der Waals surface area contributed by atoms with Crippen LogP contribution in [0, 0.1) is 16.7 Å². The Hall–Kier alpha value is -3.25. The van der Waals surface area contributed by atoms with Crippen molar-refractivity contribution in [2.24, 2.45) is 16.7 Å². The van der Waals surface area contributed by atoms with Gasteiger partial charge in [-0.3, -0.25) is 14.9 Å². The number of benzene rings is 1. The van der Waals surface area contributed by atoms with Gasteiger partial charge in [0.2, 0.25) is 12.7 Å². The smallest absolute Gasteiger partial charge is 0.257 e. The van der Waals surface area contributed by atoms with Crippen LogP contribution >= 0.6 is 22.9 Å². The van der Waals surface area contributed by atoms with E-state index in [9.17, 15) is 19.8 Å². The predicted molar refractivity (Wildman–Crippen MR) is 157 cm³/mol. The van der Waals surface area contributed by atoms with Gasteiger partial charge in [0.1, 0.15) is 5.15 Å². The summed E-state index contributed by atoms with van der Waals surface area (Å²) in [5.74, 6) is 0.474. The number of carbonyl (C=O) groups excluding carboxylic acids is 2. The van der Waals surface area contributed by atoms with Gasteiger partial charge in [-0.15, -0.1) is 11.3 Å². The number of amides is 2. The minimum atomic E-state index is -0.743. The van der Waals surface area contributed by atoms with E-state index in [1.807, 2.05) is 25.1 Å². The highest BCUT2D eigenvalue weighted by molar-refractivity contribution is 7.15. The molecule has 1 saturated carbocycles. The number of anilines is 1. The van der Waals surface area contributed by atoms with E-state index in [1.54, 1.807) is 6.07 Å². The second-order valence-electron chi connectivity index (χ2n) is 11.9. The Bertz CT molecular complexity index is 1530. The number of thiazole rings is 1. The maximum absolute atomic E-state index is 13.5. The van der Waals surface area contributed by atoms with Crippen molar-refractivity contribution in [2.45, 2.75) is 58.1 Å². The number of carbonyl (C=O) groups is 2. The van der Waals surface area contributed by atoms with Gasteiger partial charge in [0.15, 0.2) is 16.6 Å². The van der Waals surface area contributed by atoms with E-state index >= 15 is 0 Å². The van der Waals surface area contributed by atoms with Crippen molar-refractivity contribution in [3.8, 4) is 11.5 Å². The summed E-state index contributed by atoms with van der Waals surface area (Å²) in [5, 5.41) is 28.1. The van der Waals surface area contributed by atoms with E-state index in [0.717, 1.165) is 16.1 Å². The van der Waals surface area contributed by atoms with Crippen molar-refractivity contribution in [1.82, 2.24) is 15.3 Å². The average molecular weight is 613 g/mol. The Balaban J connectivity index is 1.27. The zero-order chi connectivity index (χ0) is 29.6. The van der Waals surface area contributed by atoms with Crippen molar-refractivity contribution in [1.29, 1.82) is 0 Å². The number of fused-ring (bicyclic) bond motifs is 3. The summed E-state index contributed by atoms with van der Waals surface area (Å²) in [6.07, 6.45) is 2.78. The largest absolute Gasteiger partial charge is 0.454 e. The summed E-state index contributed by atoms with van der Waals surface area (Å²) >= 11 is 7.34. The molecule has 1 aromatic carbocycles. The first-order chi connectivity index (χ1) is 20.1. The molecule has 0 radical (unpaired) electrons. The number of rotatable bonds is 7. The number of aliphatic hydroxyl groups is 2. The molecule has 2 amide bonds. The average Bonchev–Trinajstić information content (AvgIpc) is 3.61. The fourth-order valence-electron chi connectivity index (χ4n) is 6.92. The number of ether oxygens (including phenoxy) is 2. The molecule has 5 atom stereocenters. The molecule has 1 aliphatic heterocycles. The van der Waals surface area contributed by atoms with Gasteiger partial charge in [0.05, 0.1) is 18.4 Å². The van der Waals surface area contributed by atoms with E-state index in [-0.39, 0.29) is 48.6 Å². The molecule has 0 bridgehead atoms. The molecule has 2 aliphatic carbocycles. The Kier molecular flexibility index (Phi) is 7.63. The SMILES string of the molecule is CC1(CO)C(O)CCC2(C)C(CC(=O)NCc3ccc4c(c3)OCO4)c3nc(NC(=O)c4ccnc(Cl)c4)sc3CC12. The number of hydrogen-bond acceptors (Lipinski definition) is 9. The maximum Gasteiger partial charge on any atom is 0.257 e. The minimum absolute atomic E-state index is 0.0964. The molecular weight excluding hydrogens is 580 g/mol. The molecule has 222 valence electrons. The molecule has 3 aliphatic rings. The lowest BCUT2D eigenvalue weighted by molar-refractivity contribution is -0.144. The number of aromatic nitrogens is 2. The second-order valence-corrected chi connectivity index (χ2v) is 13.3. The summed E-state index contributed by atoms with van der Waals surface area (Å²) in [6.45, 7) is 4.42. The van der Waals surface area contributed by atoms with Crippen LogP contribution in [0.3, 0.4) is 0 Å². The molecule has 4 N–H and O–H groups in total. The van der Waals surface area contributed by atoms with Crippen molar-refractivity contribution in [2.75, 3.05) is 18.7 Å². The van der Waals surface area contributed by atoms with E-state index < -0.39 is 16.9 Å². The summed E-state index contributed by atoms with van der Waals surface area (Å²) in [7, 11) is 0. The van der Waals surface area contributed by atoms with E-state index in [4.69, 9.17) is 26.1 Å². The topological polar surface area (TPSA) is 143 Å². The second kappa shape index (κ2) is 11.1. The van der Waals surface area contributed by atoms with Gasteiger partial charge in [-0.1, -0.05) is 31.5 Å². The molecule has 12 heteroatoms. The van der Waals surface area contributed by atoms with Crippen LogP contribution in [-0.4, -0.2) is 51.5 Å². The third kappa shape index (κ3) is 5.12. The van der Waals surface area contributed by atoms with Gasteiger partial charge < -0.3 is 25.0 Å². The molecule has 5 unspecified atom stereocenters. The van der Waals surface area contributed by atoms with Gasteiger partial charge in [-0.2, -0.15) is 0 Å². The molecule has 0 saturated heterocycles. The van der Waals surface area contributed by atoms with Gasteiger partial charge in [-0.25, -0.2) is 9.97 Å². The normalized spacial score (nSPS) is 27.6. The zero-order valence-corrected chi connectivity index (χ0v) is 24.9. The van der Waals surface area contributed by atoms with Crippen LogP contribution in [0.15, 0.2) is 36.5 Å². The lowest BCUT2D eigenvalue weighted by Gasteiger charge is -2.58. The standard InChI is InChI=1S/C30H33ClN4O6S/c1-29-7-5-23(37)30(2,14-36)22(29)12-21-26(34-28(42-21)35-27(39)17-6-8-32-24(31)10-17)18(29)11-25(38)33-13-16-3-4-19-20(9-16)41-15-40-19/h3-4,6,8-10,18,22-23,36-37H,5,7,11-15H2,1-2H3,(H,33,38)(H,34,35,39). The van der Waals surface area contributed by atoms with Gasteiger partial charge in [0, 0.05) is 40.9 Å². The molecular formula is C30H33ClN4O6S. The Morgan fingerprint density at radius 2 is 2.00 bits per heavy atom. The molecule has 3 aromatic rings. The number of nitrogens with zero attached hydrogens (tertiary/aromatic N) is 2. The number of pyridine rings is 1. The van der Waals surface area contributed by atoms with Crippen LogP contribution < -0.4 is 20.1 Å². The van der Waals surface area contributed by atoms with Crippen molar-refractivity contribution in [3.05, 3.63) is 63.4 Å². The first-order valence-electron chi connectivity index (χ1n) is 14.0. The van der Waals surface area contributed by atoms with Crippen LogP contribution in [0.25, 0.3) is 0 Å². The van der Waals surface area contributed by atoms with E-state index in [2.05, 4.69) is 22.5 Å². The Labute approximate surface area is 252 Å². The zero-order valence-electron chi connectivity index (χ0n) is 23.4. The number of aliphatic hydroxyl groups excluding tert-OH is 2.